The second kappa shape index (κ2) is 3.21. The number of rotatable bonds is 1. The van der Waals surface area contributed by atoms with Crippen LogP contribution in [0.15, 0.2) is 42.9 Å². The zero-order chi connectivity index (χ0) is 11.0. The van der Waals surface area contributed by atoms with E-state index < -0.39 is 0 Å². The summed E-state index contributed by atoms with van der Waals surface area (Å²) in [6.45, 7) is 0. The molecule has 0 saturated heterocycles. The molecule has 0 aliphatic rings. The van der Waals surface area contributed by atoms with Crippen molar-refractivity contribution in [3.63, 3.8) is 0 Å². The molecule has 3 rings (SSSR count). The fraction of sp³-hybridized carbons (Fsp3) is 0. The second-order valence-electron chi connectivity index (χ2n) is 3.29. The second-order valence-corrected chi connectivity index (χ2v) is 3.29. The molecule has 0 atom stereocenters. The highest BCUT2D eigenvalue weighted by Gasteiger charge is 2.04. The highest BCUT2D eigenvalue weighted by molar-refractivity contribution is 5.42. The van der Waals surface area contributed by atoms with E-state index in [2.05, 4.69) is 16.2 Å². The molecule has 0 unspecified atom stereocenters. The summed E-state index contributed by atoms with van der Waals surface area (Å²) >= 11 is 0. The Morgan fingerprint density at radius 2 is 2.12 bits per heavy atom. The number of hydrogen-bond donors (Lipinski definition) is 0. The third-order valence-corrected chi connectivity index (χ3v) is 2.35. The predicted molar refractivity (Wildman–Crippen MR) is 57.0 cm³/mol. The van der Waals surface area contributed by atoms with Crippen LogP contribution in [-0.2, 0) is 0 Å². The number of nitrogens with zero attached hydrogens (tertiary/aromatic N) is 5. The smallest absolute Gasteiger partial charge is 0.157 e. The molecular formula is C11H7N5. The van der Waals surface area contributed by atoms with E-state index in [0.29, 0.717) is 5.69 Å². The van der Waals surface area contributed by atoms with Gasteiger partial charge in [0, 0.05) is 18.5 Å². The van der Waals surface area contributed by atoms with Crippen LogP contribution in [0.25, 0.3) is 11.5 Å². The third kappa shape index (κ3) is 1.17. The Hall–Kier alpha value is -2.61. The Morgan fingerprint density at radius 3 is 3.00 bits per heavy atom. The zero-order valence-corrected chi connectivity index (χ0v) is 8.28. The van der Waals surface area contributed by atoms with Crippen LogP contribution in [-0.4, -0.2) is 19.2 Å². The van der Waals surface area contributed by atoms with Gasteiger partial charge in [0.25, 0.3) is 0 Å². The summed E-state index contributed by atoms with van der Waals surface area (Å²) in [6.07, 6.45) is 5.32. The average molecular weight is 209 g/mol. The van der Waals surface area contributed by atoms with Gasteiger partial charge in [-0.05, 0) is 18.2 Å². The SMILES string of the molecule is N#Cc1cccn1-c1ccn2nccc2n1. The molecule has 3 aromatic rings. The lowest BCUT2D eigenvalue weighted by Crippen LogP contribution is -2.00. The van der Waals surface area contributed by atoms with Crippen LogP contribution in [0.3, 0.4) is 0 Å². The molecule has 0 fully saturated rings. The Balaban J connectivity index is 2.22. The number of fused-ring (bicyclic) bond motifs is 1. The van der Waals surface area contributed by atoms with Gasteiger partial charge in [-0.1, -0.05) is 0 Å². The highest BCUT2D eigenvalue weighted by Crippen LogP contribution is 2.10. The quantitative estimate of drug-likeness (QED) is 0.608. The fourth-order valence-electron chi connectivity index (χ4n) is 1.61. The van der Waals surface area contributed by atoms with Gasteiger partial charge in [-0.2, -0.15) is 10.4 Å². The van der Waals surface area contributed by atoms with Gasteiger partial charge in [0.15, 0.2) is 5.65 Å². The molecule has 16 heavy (non-hydrogen) atoms. The van der Waals surface area contributed by atoms with Crippen LogP contribution in [0.5, 0.6) is 0 Å². The van der Waals surface area contributed by atoms with Crippen LogP contribution >= 0.6 is 0 Å². The van der Waals surface area contributed by atoms with Crippen LogP contribution < -0.4 is 0 Å². The summed E-state index contributed by atoms with van der Waals surface area (Å²) in [5.41, 5.74) is 1.33. The fourth-order valence-corrected chi connectivity index (χ4v) is 1.61. The molecule has 0 aliphatic heterocycles. The van der Waals surface area contributed by atoms with Crippen molar-refractivity contribution in [3.8, 4) is 11.9 Å². The Morgan fingerprint density at radius 1 is 1.19 bits per heavy atom. The van der Waals surface area contributed by atoms with E-state index in [-0.39, 0.29) is 0 Å². The topological polar surface area (TPSA) is 58.9 Å². The zero-order valence-electron chi connectivity index (χ0n) is 8.28. The van der Waals surface area contributed by atoms with Crippen LogP contribution in [0.4, 0.5) is 0 Å². The minimum Gasteiger partial charge on any atom is -0.292 e. The van der Waals surface area contributed by atoms with Gasteiger partial charge in [0.2, 0.25) is 0 Å². The number of hydrogen-bond acceptors (Lipinski definition) is 3. The van der Waals surface area contributed by atoms with E-state index in [4.69, 9.17) is 5.26 Å². The van der Waals surface area contributed by atoms with E-state index in [9.17, 15) is 0 Å². The molecule has 76 valence electrons. The van der Waals surface area contributed by atoms with Crippen molar-refractivity contribution < 1.29 is 0 Å². The van der Waals surface area contributed by atoms with Crippen molar-refractivity contribution in [3.05, 3.63) is 48.5 Å². The van der Waals surface area contributed by atoms with Gasteiger partial charge in [-0.15, -0.1) is 0 Å². The van der Waals surface area contributed by atoms with E-state index in [1.165, 1.54) is 0 Å². The summed E-state index contributed by atoms with van der Waals surface area (Å²) in [4.78, 5) is 4.40. The molecule has 3 heterocycles. The lowest BCUT2D eigenvalue weighted by atomic mass is 10.4. The Bertz CT molecular complexity index is 686. The Labute approximate surface area is 91.2 Å². The standard InChI is InChI=1S/C11H7N5/c12-8-9-2-1-6-15(9)10-4-7-16-11(14-10)3-5-13-16/h1-7H. The summed E-state index contributed by atoms with van der Waals surface area (Å²) in [5, 5.41) is 13.0. The first-order valence-electron chi connectivity index (χ1n) is 4.77. The predicted octanol–water partition coefficient (Wildman–Crippen LogP) is 1.39. The number of nitriles is 1. The van der Waals surface area contributed by atoms with Gasteiger partial charge in [-0.3, -0.25) is 4.57 Å². The van der Waals surface area contributed by atoms with E-state index in [1.807, 2.05) is 30.6 Å². The Kier molecular flexibility index (Phi) is 1.74. The first-order chi connectivity index (χ1) is 7.88. The molecule has 0 aromatic carbocycles. The van der Waals surface area contributed by atoms with Crippen molar-refractivity contribution in [2.24, 2.45) is 0 Å². The lowest BCUT2D eigenvalue weighted by Gasteiger charge is -2.03. The van der Waals surface area contributed by atoms with Crippen LogP contribution in [0.1, 0.15) is 5.69 Å². The first kappa shape index (κ1) is 8.68. The lowest BCUT2D eigenvalue weighted by molar-refractivity contribution is 0.908. The van der Waals surface area contributed by atoms with E-state index in [0.717, 1.165) is 11.5 Å². The monoisotopic (exact) mass is 209 g/mol. The molecule has 5 nitrogen and oxygen atoms in total. The van der Waals surface area contributed by atoms with Crippen LogP contribution in [0.2, 0.25) is 0 Å². The summed E-state index contributed by atoms with van der Waals surface area (Å²) in [7, 11) is 0. The number of aromatic nitrogens is 4. The largest absolute Gasteiger partial charge is 0.292 e. The summed E-state index contributed by atoms with van der Waals surface area (Å²) in [5.74, 6) is 0.717. The maximum Gasteiger partial charge on any atom is 0.157 e. The molecule has 0 bridgehead atoms. The van der Waals surface area contributed by atoms with Crippen molar-refractivity contribution in [2.75, 3.05) is 0 Å². The average Bonchev–Trinajstić information content (AvgIpc) is 2.96. The maximum atomic E-state index is 8.93. The van der Waals surface area contributed by atoms with Crippen molar-refractivity contribution in [1.82, 2.24) is 19.2 Å². The molecule has 0 radical (unpaired) electrons. The molecular weight excluding hydrogens is 202 g/mol. The minimum absolute atomic E-state index is 0.566. The van der Waals surface area contributed by atoms with Gasteiger partial charge < -0.3 is 0 Å². The van der Waals surface area contributed by atoms with Gasteiger partial charge >= 0.3 is 0 Å². The molecule has 0 saturated carbocycles. The third-order valence-electron chi connectivity index (χ3n) is 2.35. The van der Waals surface area contributed by atoms with E-state index >= 15 is 0 Å². The van der Waals surface area contributed by atoms with E-state index in [1.54, 1.807) is 21.3 Å². The highest BCUT2D eigenvalue weighted by atomic mass is 15.2. The van der Waals surface area contributed by atoms with Gasteiger partial charge in [-0.25, -0.2) is 9.50 Å². The minimum atomic E-state index is 0.566. The van der Waals surface area contributed by atoms with Crippen molar-refractivity contribution in [1.29, 1.82) is 5.26 Å². The molecule has 0 spiro atoms. The van der Waals surface area contributed by atoms with Crippen molar-refractivity contribution in [2.45, 2.75) is 0 Å². The summed E-state index contributed by atoms with van der Waals surface area (Å²) < 4.78 is 3.42. The molecule has 5 heteroatoms. The molecule has 3 aromatic heterocycles. The first-order valence-corrected chi connectivity index (χ1v) is 4.77. The maximum absolute atomic E-state index is 8.93. The van der Waals surface area contributed by atoms with Gasteiger partial charge in [0.1, 0.15) is 17.6 Å². The van der Waals surface area contributed by atoms with Crippen molar-refractivity contribution >= 4 is 5.65 Å². The molecule has 0 N–H and O–H groups in total. The molecule has 0 aliphatic carbocycles. The van der Waals surface area contributed by atoms with Crippen LogP contribution in [0, 0.1) is 11.3 Å². The normalized spacial score (nSPS) is 10.4. The molecule has 0 amide bonds. The summed E-state index contributed by atoms with van der Waals surface area (Å²) in [6, 6.07) is 9.33. The van der Waals surface area contributed by atoms with Gasteiger partial charge in [0.05, 0.1) is 6.20 Å².